The molecule has 0 bridgehead atoms. The first kappa shape index (κ1) is 9.21. The summed E-state index contributed by atoms with van der Waals surface area (Å²) in [5, 5.41) is 9.32. The molecule has 1 saturated carbocycles. The fraction of sp³-hybridized carbons (Fsp3) is 0.556. The second kappa shape index (κ2) is 3.42. The normalized spacial score (nSPS) is 26.6. The van der Waals surface area contributed by atoms with Gasteiger partial charge in [0.05, 0.1) is 6.10 Å². The molecule has 0 saturated heterocycles. The monoisotopic (exact) mass is 196 g/mol. The molecule has 1 fully saturated rings. The van der Waals surface area contributed by atoms with Crippen molar-refractivity contribution in [3.63, 3.8) is 0 Å². The van der Waals surface area contributed by atoms with E-state index in [2.05, 4.69) is 4.98 Å². The molecular weight excluding hydrogens is 184 g/mol. The highest BCUT2D eigenvalue weighted by Crippen LogP contribution is 2.27. The van der Waals surface area contributed by atoms with E-state index in [0.29, 0.717) is 19.3 Å². The minimum atomic E-state index is -0.392. The Balaban J connectivity index is 2.42. The summed E-state index contributed by atoms with van der Waals surface area (Å²) < 4.78 is 1.19. The van der Waals surface area contributed by atoms with Crippen LogP contribution in [0.3, 0.4) is 0 Å². The van der Waals surface area contributed by atoms with Gasteiger partial charge in [-0.25, -0.2) is 4.79 Å². The molecule has 2 N–H and O–H groups in total. The Morgan fingerprint density at radius 2 is 2.21 bits per heavy atom. The topological polar surface area (TPSA) is 75.1 Å². The van der Waals surface area contributed by atoms with Gasteiger partial charge in [-0.1, -0.05) is 0 Å². The SMILES string of the molecule is O=c1cc[nH]c(=O)n1C1CCC(O)C1. The van der Waals surface area contributed by atoms with E-state index < -0.39 is 5.69 Å². The van der Waals surface area contributed by atoms with Crippen LogP contribution in [0, 0.1) is 0 Å². The number of hydrogen-bond donors (Lipinski definition) is 2. The van der Waals surface area contributed by atoms with Gasteiger partial charge < -0.3 is 10.1 Å². The Labute approximate surface area is 80.0 Å². The van der Waals surface area contributed by atoms with E-state index in [4.69, 9.17) is 0 Å². The highest BCUT2D eigenvalue weighted by atomic mass is 16.3. The Hall–Kier alpha value is -1.36. The first-order chi connectivity index (χ1) is 6.68. The second-order valence-corrected chi connectivity index (χ2v) is 3.61. The van der Waals surface area contributed by atoms with Gasteiger partial charge in [0, 0.05) is 18.3 Å². The first-order valence-corrected chi connectivity index (χ1v) is 4.67. The quantitative estimate of drug-likeness (QED) is 0.643. The van der Waals surface area contributed by atoms with Gasteiger partial charge in [-0.2, -0.15) is 0 Å². The number of aliphatic hydroxyl groups excluding tert-OH is 1. The number of nitrogens with one attached hydrogen (secondary N) is 1. The van der Waals surface area contributed by atoms with Gasteiger partial charge >= 0.3 is 5.69 Å². The molecule has 2 unspecified atom stereocenters. The Kier molecular flexibility index (Phi) is 2.25. The third kappa shape index (κ3) is 1.50. The fourth-order valence-corrected chi connectivity index (χ4v) is 1.95. The maximum atomic E-state index is 11.4. The fourth-order valence-electron chi connectivity index (χ4n) is 1.95. The highest BCUT2D eigenvalue weighted by Gasteiger charge is 2.25. The molecular formula is C9H12N2O3. The Morgan fingerprint density at radius 3 is 2.79 bits per heavy atom. The van der Waals surface area contributed by atoms with Crippen LogP contribution in [-0.2, 0) is 0 Å². The van der Waals surface area contributed by atoms with Gasteiger partial charge in [0.2, 0.25) is 0 Å². The van der Waals surface area contributed by atoms with E-state index in [9.17, 15) is 14.7 Å². The number of rotatable bonds is 1. The van der Waals surface area contributed by atoms with Crippen molar-refractivity contribution in [1.82, 2.24) is 9.55 Å². The largest absolute Gasteiger partial charge is 0.393 e. The molecule has 2 rings (SSSR count). The molecule has 0 aromatic carbocycles. The van der Waals surface area contributed by atoms with E-state index in [0.717, 1.165) is 0 Å². The molecule has 0 spiro atoms. The number of nitrogens with zero attached hydrogens (tertiary/aromatic N) is 1. The number of H-pyrrole nitrogens is 1. The molecule has 1 aliphatic rings. The van der Waals surface area contributed by atoms with Crippen molar-refractivity contribution < 1.29 is 5.11 Å². The Morgan fingerprint density at radius 1 is 1.43 bits per heavy atom. The predicted octanol–water partition coefficient (Wildman–Crippen LogP) is -0.378. The lowest BCUT2D eigenvalue weighted by Crippen LogP contribution is -2.36. The van der Waals surface area contributed by atoms with E-state index in [1.54, 1.807) is 0 Å². The molecule has 76 valence electrons. The number of aliphatic hydroxyl groups is 1. The summed E-state index contributed by atoms with van der Waals surface area (Å²) in [5.41, 5.74) is -0.690. The molecule has 0 aliphatic heterocycles. The standard InChI is InChI=1S/C9H12N2O3/c12-7-2-1-6(5-7)11-8(13)3-4-10-9(11)14/h3-4,6-7,12H,1-2,5H2,(H,10,14). The van der Waals surface area contributed by atoms with Crippen LogP contribution >= 0.6 is 0 Å². The lowest BCUT2D eigenvalue weighted by atomic mass is 10.2. The van der Waals surface area contributed by atoms with Crippen LogP contribution in [0.15, 0.2) is 21.9 Å². The van der Waals surface area contributed by atoms with E-state index in [-0.39, 0.29) is 17.7 Å². The van der Waals surface area contributed by atoms with Crippen molar-refractivity contribution in [2.45, 2.75) is 31.4 Å². The van der Waals surface area contributed by atoms with Crippen LogP contribution in [-0.4, -0.2) is 20.8 Å². The molecule has 5 nitrogen and oxygen atoms in total. The van der Waals surface area contributed by atoms with Crippen molar-refractivity contribution in [3.8, 4) is 0 Å². The van der Waals surface area contributed by atoms with Gasteiger partial charge in [0.25, 0.3) is 5.56 Å². The average Bonchev–Trinajstić information content (AvgIpc) is 2.51. The molecule has 0 radical (unpaired) electrons. The molecule has 2 atom stereocenters. The minimum absolute atomic E-state index is 0.151. The number of aromatic amines is 1. The van der Waals surface area contributed by atoms with Crippen LogP contribution in [0.1, 0.15) is 25.3 Å². The van der Waals surface area contributed by atoms with Gasteiger partial charge in [-0.3, -0.25) is 9.36 Å². The molecule has 1 aliphatic carbocycles. The van der Waals surface area contributed by atoms with Crippen LogP contribution in [0.4, 0.5) is 0 Å². The minimum Gasteiger partial charge on any atom is -0.393 e. The summed E-state index contributed by atoms with van der Waals surface area (Å²) >= 11 is 0. The molecule has 14 heavy (non-hydrogen) atoms. The summed E-state index contributed by atoms with van der Waals surface area (Å²) in [6.45, 7) is 0. The summed E-state index contributed by atoms with van der Waals surface area (Å²) in [4.78, 5) is 25.2. The number of aromatic nitrogens is 2. The van der Waals surface area contributed by atoms with E-state index in [1.807, 2.05) is 0 Å². The summed E-state index contributed by atoms with van der Waals surface area (Å²) in [6.07, 6.45) is 2.80. The van der Waals surface area contributed by atoms with Crippen LogP contribution in [0.2, 0.25) is 0 Å². The molecule has 5 heteroatoms. The zero-order valence-corrected chi connectivity index (χ0v) is 7.64. The maximum absolute atomic E-state index is 11.4. The summed E-state index contributed by atoms with van der Waals surface area (Å²) in [5.74, 6) is 0. The van der Waals surface area contributed by atoms with Crippen LogP contribution < -0.4 is 11.2 Å². The van der Waals surface area contributed by atoms with E-state index in [1.165, 1.54) is 16.8 Å². The number of hydrogen-bond acceptors (Lipinski definition) is 3. The molecule has 1 aromatic heterocycles. The Bertz CT molecular complexity index is 406. The predicted molar refractivity (Wildman–Crippen MR) is 50.2 cm³/mol. The average molecular weight is 196 g/mol. The lowest BCUT2D eigenvalue weighted by molar-refractivity contribution is 0.177. The van der Waals surface area contributed by atoms with Gasteiger partial charge in [0.15, 0.2) is 0 Å². The third-order valence-corrected chi connectivity index (χ3v) is 2.63. The van der Waals surface area contributed by atoms with Crippen molar-refractivity contribution in [3.05, 3.63) is 33.1 Å². The van der Waals surface area contributed by atoms with Crippen molar-refractivity contribution in [2.24, 2.45) is 0 Å². The zero-order valence-electron chi connectivity index (χ0n) is 7.64. The molecule has 0 amide bonds. The second-order valence-electron chi connectivity index (χ2n) is 3.61. The maximum Gasteiger partial charge on any atom is 0.328 e. The smallest absolute Gasteiger partial charge is 0.328 e. The highest BCUT2D eigenvalue weighted by molar-refractivity contribution is 4.89. The molecule has 1 heterocycles. The van der Waals surface area contributed by atoms with Crippen molar-refractivity contribution >= 4 is 0 Å². The molecule has 1 aromatic rings. The van der Waals surface area contributed by atoms with Crippen molar-refractivity contribution in [2.75, 3.05) is 0 Å². The zero-order chi connectivity index (χ0) is 10.1. The summed E-state index contributed by atoms with van der Waals surface area (Å²) in [6, 6.07) is 1.17. The van der Waals surface area contributed by atoms with Crippen LogP contribution in [0.25, 0.3) is 0 Å². The van der Waals surface area contributed by atoms with Gasteiger partial charge in [-0.15, -0.1) is 0 Å². The van der Waals surface area contributed by atoms with Gasteiger partial charge in [-0.05, 0) is 19.3 Å². The summed E-state index contributed by atoms with van der Waals surface area (Å²) in [7, 11) is 0. The first-order valence-electron chi connectivity index (χ1n) is 4.67. The van der Waals surface area contributed by atoms with E-state index >= 15 is 0 Å². The van der Waals surface area contributed by atoms with Gasteiger partial charge in [0.1, 0.15) is 0 Å². The lowest BCUT2D eigenvalue weighted by Gasteiger charge is -2.10. The third-order valence-electron chi connectivity index (χ3n) is 2.63. The van der Waals surface area contributed by atoms with Crippen molar-refractivity contribution in [1.29, 1.82) is 0 Å². The van der Waals surface area contributed by atoms with Crippen LogP contribution in [0.5, 0.6) is 0 Å².